The van der Waals surface area contributed by atoms with Crippen molar-refractivity contribution in [2.75, 3.05) is 0 Å². The maximum atomic E-state index is 11.2. The van der Waals surface area contributed by atoms with Gasteiger partial charge in [0.1, 0.15) is 5.78 Å². The van der Waals surface area contributed by atoms with Crippen molar-refractivity contribution in [2.24, 2.45) is 5.92 Å². The molecule has 0 saturated heterocycles. The minimum Gasteiger partial charge on any atom is -0.390 e. The number of Topliss-reactive ketones (excluding diaryl/α,β-unsaturated/α-hetero) is 1. The third-order valence-electron chi connectivity index (χ3n) is 2.19. The Morgan fingerprint density at radius 1 is 1.23 bits per heavy atom. The molecule has 0 bridgehead atoms. The molecule has 0 aromatic heterocycles. The van der Waals surface area contributed by atoms with E-state index in [1.165, 1.54) is 0 Å². The summed E-state index contributed by atoms with van der Waals surface area (Å²) in [7, 11) is 0. The van der Waals surface area contributed by atoms with Crippen LogP contribution in [0, 0.1) is 5.92 Å². The van der Waals surface area contributed by atoms with Crippen LogP contribution >= 0.6 is 0 Å². The summed E-state index contributed by atoms with van der Waals surface area (Å²) in [6, 6.07) is 0. The van der Waals surface area contributed by atoms with Crippen molar-refractivity contribution >= 4 is 5.78 Å². The fourth-order valence-corrected chi connectivity index (χ4v) is 1.04. The maximum Gasteiger partial charge on any atom is 0.135 e. The lowest BCUT2D eigenvalue weighted by Gasteiger charge is -2.15. The van der Waals surface area contributed by atoms with Crippen LogP contribution in [0.3, 0.4) is 0 Å². The lowest BCUT2D eigenvalue weighted by molar-refractivity contribution is -0.122. The van der Waals surface area contributed by atoms with E-state index in [9.17, 15) is 15.0 Å². The highest BCUT2D eigenvalue weighted by Gasteiger charge is 2.16. The molecule has 0 radical (unpaired) electrons. The molecule has 3 nitrogen and oxygen atoms in total. The zero-order chi connectivity index (χ0) is 10.4. The van der Waals surface area contributed by atoms with Gasteiger partial charge in [0.15, 0.2) is 0 Å². The van der Waals surface area contributed by atoms with Gasteiger partial charge >= 0.3 is 0 Å². The van der Waals surface area contributed by atoms with Crippen molar-refractivity contribution in [3.05, 3.63) is 0 Å². The maximum absolute atomic E-state index is 11.2. The third kappa shape index (κ3) is 5.01. The summed E-state index contributed by atoms with van der Waals surface area (Å²) in [6.07, 6.45) is -0.202. The molecular formula is C10H20O3. The van der Waals surface area contributed by atoms with Gasteiger partial charge in [-0.3, -0.25) is 4.79 Å². The highest BCUT2D eigenvalue weighted by Crippen LogP contribution is 2.09. The molecule has 0 amide bonds. The van der Waals surface area contributed by atoms with Gasteiger partial charge in [-0.25, -0.2) is 0 Å². The summed E-state index contributed by atoms with van der Waals surface area (Å²) in [5, 5.41) is 18.6. The number of carbonyl (C=O) groups excluding carboxylic acids is 1. The molecular weight excluding hydrogens is 168 g/mol. The SMILES string of the molecule is CC[C@@H](O)[C@@H](O)CCC(=O)C(C)C. The Morgan fingerprint density at radius 2 is 1.77 bits per heavy atom. The zero-order valence-corrected chi connectivity index (χ0v) is 8.66. The highest BCUT2D eigenvalue weighted by molar-refractivity contribution is 5.80. The summed E-state index contributed by atoms with van der Waals surface area (Å²) < 4.78 is 0. The molecule has 0 heterocycles. The fourth-order valence-electron chi connectivity index (χ4n) is 1.04. The Kier molecular flexibility index (Phi) is 5.91. The van der Waals surface area contributed by atoms with Gasteiger partial charge in [0.05, 0.1) is 12.2 Å². The Balaban J connectivity index is 3.69. The van der Waals surface area contributed by atoms with Gasteiger partial charge < -0.3 is 10.2 Å². The van der Waals surface area contributed by atoms with Gasteiger partial charge in [-0.05, 0) is 12.8 Å². The van der Waals surface area contributed by atoms with Gasteiger partial charge in [0.25, 0.3) is 0 Å². The number of aliphatic hydroxyl groups excluding tert-OH is 2. The second-order valence-electron chi connectivity index (χ2n) is 3.70. The lowest BCUT2D eigenvalue weighted by atomic mass is 10.00. The number of carbonyl (C=O) groups is 1. The largest absolute Gasteiger partial charge is 0.390 e. The van der Waals surface area contributed by atoms with Crippen LogP contribution in [0.5, 0.6) is 0 Å². The zero-order valence-electron chi connectivity index (χ0n) is 8.66. The van der Waals surface area contributed by atoms with Crippen molar-refractivity contribution < 1.29 is 15.0 Å². The summed E-state index contributed by atoms with van der Waals surface area (Å²) in [5.74, 6) is 0.160. The first-order chi connectivity index (χ1) is 5.99. The molecule has 0 aliphatic rings. The monoisotopic (exact) mass is 188 g/mol. The van der Waals surface area contributed by atoms with Crippen molar-refractivity contribution in [2.45, 2.75) is 52.2 Å². The average Bonchev–Trinajstić information content (AvgIpc) is 2.11. The topological polar surface area (TPSA) is 57.5 Å². The molecule has 3 heteroatoms. The predicted octanol–water partition coefficient (Wildman–Crippen LogP) is 1.12. The van der Waals surface area contributed by atoms with E-state index in [0.29, 0.717) is 19.3 Å². The molecule has 0 aromatic rings. The molecule has 2 atom stereocenters. The molecule has 0 fully saturated rings. The van der Waals surface area contributed by atoms with Gasteiger partial charge in [-0.1, -0.05) is 20.8 Å². The second kappa shape index (κ2) is 6.11. The van der Waals surface area contributed by atoms with E-state index < -0.39 is 12.2 Å². The van der Waals surface area contributed by atoms with E-state index in [-0.39, 0.29) is 11.7 Å². The van der Waals surface area contributed by atoms with E-state index in [4.69, 9.17) is 0 Å². The van der Waals surface area contributed by atoms with Crippen LogP contribution < -0.4 is 0 Å². The molecule has 0 spiro atoms. The first-order valence-electron chi connectivity index (χ1n) is 4.87. The summed E-state index contributed by atoms with van der Waals surface area (Å²) in [4.78, 5) is 11.2. The minimum atomic E-state index is -0.757. The van der Waals surface area contributed by atoms with Gasteiger partial charge in [0, 0.05) is 12.3 Å². The average molecular weight is 188 g/mol. The van der Waals surface area contributed by atoms with Crippen molar-refractivity contribution in [1.82, 2.24) is 0 Å². The summed E-state index contributed by atoms with van der Waals surface area (Å²) >= 11 is 0. The third-order valence-corrected chi connectivity index (χ3v) is 2.19. The molecule has 0 unspecified atom stereocenters. The molecule has 0 rings (SSSR count). The van der Waals surface area contributed by atoms with Gasteiger partial charge in [-0.2, -0.15) is 0 Å². The Morgan fingerprint density at radius 3 is 2.15 bits per heavy atom. The Hall–Kier alpha value is -0.410. The van der Waals surface area contributed by atoms with E-state index in [1.807, 2.05) is 13.8 Å². The van der Waals surface area contributed by atoms with Gasteiger partial charge in [-0.15, -0.1) is 0 Å². The van der Waals surface area contributed by atoms with Crippen LogP contribution in [0.15, 0.2) is 0 Å². The number of aliphatic hydroxyl groups is 2. The molecule has 0 aliphatic heterocycles. The van der Waals surface area contributed by atoms with Crippen molar-refractivity contribution in [3.8, 4) is 0 Å². The number of ketones is 1. The van der Waals surface area contributed by atoms with Crippen molar-refractivity contribution in [1.29, 1.82) is 0 Å². The second-order valence-corrected chi connectivity index (χ2v) is 3.70. The Labute approximate surface area is 79.8 Å². The lowest BCUT2D eigenvalue weighted by Crippen LogP contribution is -2.26. The summed E-state index contributed by atoms with van der Waals surface area (Å²) in [6.45, 7) is 5.48. The number of hydrogen-bond acceptors (Lipinski definition) is 3. The van der Waals surface area contributed by atoms with Crippen LogP contribution in [0.1, 0.15) is 40.0 Å². The smallest absolute Gasteiger partial charge is 0.135 e. The molecule has 2 N–H and O–H groups in total. The van der Waals surface area contributed by atoms with Crippen LogP contribution in [0.25, 0.3) is 0 Å². The predicted molar refractivity (Wildman–Crippen MR) is 51.4 cm³/mol. The standard InChI is InChI=1S/C10H20O3/c1-4-8(11)10(13)6-5-9(12)7(2)3/h7-8,10-11,13H,4-6H2,1-3H3/t8-,10+/m1/s1. The number of hydrogen-bond donors (Lipinski definition) is 2. The molecule has 0 aliphatic carbocycles. The first-order valence-corrected chi connectivity index (χ1v) is 4.87. The highest BCUT2D eigenvalue weighted by atomic mass is 16.3. The number of rotatable bonds is 6. The van der Waals surface area contributed by atoms with Crippen LogP contribution in [-0.2, 0) is 4.79 Å². The van der Waals surface area contributed by atoms with Crippen molar-refractivity contribution in [3.63, 3.8) is 0 Å². The summed E-state index contributed by atoms with van der Waals surface area (Å²) in [5.41, 5.74) is 0. The fraction of sp³-hybridized carbons (Fsp3) is 0.900. The molecule has 78 valence electrons. The molecule has 13 heavy (non-hydrogen) atoms. The normalized spacial score (nSPS) is 15.8. The quantitative estimate of drug-likeness (QED) is 0.656. The van der Waals surface area contributed by atoms with E-state index in [0.717, 1.165) is 0 Å². The first kappa shape index (κ1) is 12.6. The van der Waals surface area contributed by atoms with Crippen LogP contribution in [-0.4, -0.2) is 28.2 Å². The van der Waals surface area contributed by atoms with Crippen LogP contribution in [0.2, 0.25) is 0 Å². The van der Waals surface area contributed by atoms with E-state index >= 15 is 0 Å². The van der Waals surface area contributed by atoms with Crippen LogP contribution in [0.4, 0.5) is 0 Å². The Bertz CT molecular complexity index is 154. The minimum absolute atomic E-state index is 0.0194. The molecule has 0 aromatic carbocycles. The van der Waals surface area contributed by atoms with Gasteiger partial charge in [0.2, 0.25) is 0 Å². The molecule has 0 saturated carbocycles. The van der Waals surface area contributed by atoms with E-state index in [1.54, 1.807) is 6.92 Å². The van der Waals surface area contributed by atoms with E-state index in [2.05, 4.69) is 0 Å².